The summed E-state index contributed by atoms with van der Waals surface area (Å²) >= 11 is -0.750. The number of imide groups is 1. The van der Waals surface area contributed by atoms with Crippen LogP contribution in [0.4, 0.5) is 0 Å². The summed E-state index contributed by atoms with van der Waals surface area (Å²) in [7, 11) is -6.83. The number of fused-ring (bicyclic) bond motifs is 2. The van der Waals surface area contributed by atoms with Gasteiger partial charge in [-0.15, -0.1) is 0 Å². The lowest BCUT2D eigenvalue weighted by Gasteiger charge is -2.26. The second kappa shape index (κ2) is 44.6. The molecular weight excluding hydrogens is 1510 g/mol. The number of amides is 2. The number of hydrogen-bond acceptors (Lipinski definition) is 21. The van der Waals surface area contributed by atoms with Crippen molar-refractivity contribution in [2.24, 2.45) is 0 Å². The SMILES string of the molecule is Cc1ccc(OC=O)cc1.Cc1cccc(OC(=O)c2ccc(S(=O)(=O)N3CCOCC3)cc2)c1.Cc1cccc(OC(=O)c2ccc(S(C)(=O)=O)cc2)c1.Cc1cccc(OC(=O)c2ccc3c(c2)C(=O)OC3=O)c1.Cc1cccc(OCCCN2C(=O)c3ccccc3C2=O)c1.O=S=O.c1ccccc1.c1ccccc1. The van der Waals surface area contributed by atoms with Gasteiger partial charge in [-0.25, -0.2) is 40.8 Å². The first kappa shape index (κ1) is 87.2. The van der Waals surface area contributed by atoms with Crippen LogP contribution in [-0.2, 0) is 45.7 Å². The van der Waals surface area contributed by atoms with Crippen LogP contribution in [0.3, 0.4) is 0 Å². The molecule has 14 rings (SSSR count). The number of sulfone groups is 1. The molecule has 26 heteroatoms. The van der Waals surface area contributed by atoms with E-state index in [0.29, 0.717) is 97.6 Å². The molecule has 1 saturated heterocycles. The molecule has 113 heavy (non-hydrogen) atoms. The van der Waals surface area contributed by atoms with Gasteiger partial charge in [0.15, 0.2) is 9.84 Å². The van der Waals surface area contributed by atoms with Gasteiger partial charge in [-0.05, 0) is 203 Å². The molecule has 0 spiro atoms. The fraction of sp³-hybridized carbons (Fsp3) is 0.149. The minimum Gasteiger partial charge on any atom is -0.494 e. The quantitative estimate of drug-likeness (QED) is 0.0217. The second-order valence-corrected chi connectivity index (χ2v) is 28.7. The van der Waals surface area contributed by atoms with Gasteiger partial charge >= 0.3 is 41.4 Å². The maximum atomic E-state index is 12.6. The number of esters is 5. The molecule has 3 heterocycles. The predicted molar refractivity (Wildman–Crippen MR) is 423 cm³/mol. The summed E-state index contributed by atoms with van der Waals surface area (Å²) in [6.45, 7) is 12.4. The highest BCUT2D eigenvalue weighted by atomic mass is 32.2. The molecule has 2 amide bonds. The zero-order valence-electron chi connectivity index (χ0n) is 62.4. The maximum Gasteiger partial charge on any atom is 0.346 e. The number of nitrogens with zero attached hydrogens (tertiary/aromatic N) is 2. The van der Waals surface area contributed by atoms with E-state index in [1.165, 1.54) is 75.9 Å². The van der Waals surface area contributed by atoms with Gasteiger partial charge in [0.1, 0.15) is 28.7 Å². The van der Waals surface area contributed by atoms with Crippen molar-refractivity contribution >= 4 is 79.6 Å². The minimum atomic E-state index is -3.57. The number of morpholine rings is 1. The molecule has 1 fully saturated rings. The van der Waals surface area contributed by atoms with Crippen molar-refractivity contribution in [3.8, 4) is 28.7 Å². The average Bonchev–Trinajstić information content (AvgIpc) is 1.72. The molecule has 3 aliphatic heterocycles. The molecule has 11 aromatic rings. The van der Waals surface area contributed by atoms with Crippen LogP contribution in [0.2, 0.25) is 0 Å². The highest BCUT2D eigenvalue weighted by molar-refractivity contribution is 7.90. The molecule has 0 atom stereocenters. The van der Waals surface area contributed by atoms with Crippen molar-refractivity contribution < 1.29 is 96.8 Å². The number of sulfonamides is 1. The van der Waals surface area contributed by atoms with Crippen molar-refractivity contribution in [1.29, 1.82) is 0 Å². The minimum absolute atomic E-state index is 0.0821. The van der Waals surface area contributed by atoms with Gasteiger partial charge in [0.05, 0.1) is 68.6 Å². The third kappa shape index (κ3) is 28.4. The molecule has 0 radical (unpaired) electrons. The van der Waals surface area contributed by atoms with Crippen LogP contribution in [0, 0.1) is 34.6 Å². The number of cyclic esters (lactones) is 2. The summed E-state index contributed by atoms with van der Waals surface area (Å²) in [4.78, 5) is 94.8. The van der Waals surface area contributed by atoms with E-state index in [9.17, 15) is 55.2 Å². The Hall–Kier alpha value is -13.0. The van der Waals surface area contributed by atoms with Crippen molar-refractivity contribution in [3.63, 3.8) is 0 Å². The number of carbonyl (C=O) groups is 8. The molecule has 23 nitrogen and oxygen atoms in total. The summed E-state index contributed by atoms with van der Waals surface area (Å²) in [6, 6.07) is 82.9. The van der Waals surface area contributed by atoms with Crippen molar-refractivity contribution in [1.82, 2.24) is 9.21 Å². The van der Waals surface area contributed by atoms with Gasteiger partial charge in [-0.1, -0.05) is 151 Å². The van der Waals surface area contributed by atoms with Crippen LogP contribution in [0.5, 0.6) is 28.7 Å². The fourth-order valence-corrected chi connectivity index (χ4v) is 12.3. The Bertz CT molecular complexity index is 5190. The largest absolute Gasteiger partial charge is 0.494 e. The Morgan fingerprint density at radius 1 is 0.416 bits per heavy atom. The summed E-state index contributed by atoms with van der Waals surface area (Å²) in [5, 5.41) is 0. The highest BCUT2D eigenvalue weighted by Crippen LogP contribution is 2.26. The molecule has 3 aliphatic rings. The van der Waals surface area contributed by atoms with E-state index in [2.05, 4.69) is 9.47 Å². The van der Waals surface area contributed by atoms with E-state index < -0.39 is 61.3 Å². The van der Waals surface area contributed by atoms with Crippen LogP contribution in [0.25, 0.3) is 0 Å². The van der Waals surface area contributed by atoms with E-state index in [4.69, 9.17) is 32.1 Å². The van der Waals surface area contributed by atoms with E-state index in [-0.39, 0.29) is 38.3 Å². The van der Waals surface area contributed by atoms with Crippen LogP contribution in [0.1, 0.15) is 107 Å². The van der Waals surface area contributed by atoms with E-state index in [1.54, 1.807) is 91.0 Å². The van der Waals surface area contributed by atoms with Gasteiger partial charge in [0.25, 0.3) is 18.3 Å². The number of ether oxygens (including phenoxy) is 7. The lowest BCUT2D eigenvalue weighted by Crippen LogP contribution is -2.40. The van der Waals surface area contributed by atoms with E-state index in [1.807, 2.05) is 162 Å². The lowest BCUT2D eigenvalue weighted by atomic mass is 10.1. The van der Waals surface area contributed by atoms with E-state index in [0.717, 1.165) is 39.8 Å². The number of aryl methyl sites for hydroxylation is 5. The third-order valence-electron chi connectivity index (χ3n) is 15.9. The smallest absolute Gasteiger partial charge is 0.346 e. The summed E-state index contributed by atoms with van der Waals surface area (Å²) in [5.41, 5.74) is 7.23. The van der Waals surface area contributed by atoms with Crippen LogP contribution >= 0.6 is 0 Å². The molecule has 0 bridgehead atoms. The molecule has 0 aliphatic carbocycles. The molecule has 0 saturated carbocycles. The standard InChI is InChI=1S/C18H19NO5S.C18H17NO3.C16H10O5.C15H14O4S.C8H8O2.2C6H6.O2S/c1-14-3-2-4-16(13-14)24-18(20)15-5-7-17(8-6-15)25(21,22)19-9-11-23-12-10-19;1-13-6-4-7-14(12-13)22-11-5-10-19-17(20)15-8-2-3-9-16(15)18(19)21;1-9-3-2-4-11(7-9)20-14(17)10-5-6-12-13(8-10)16(19)21-15(12)18;1-11-4-3-5-13(10-11)19-15(16)12-6-8-14(9-7-12)20(2,17)18;1-7-2-4-8(5-3-7)10-6-9;2*1-2-4-6-5-3-1;1-3-2/h2-8,13H,9-12H2,1H3;2-4,6-9,12H,5,10-11H2,1H3;2-8H,1H3;3-10H,1-2H3;2-6H,1H3;2*1-6H;. The number of benzene rings is 11. The molecular formula is C87H80N2O21S3. The first-order valence-electron chi connectivity index (χ1n) is 34.8. The first-order valence-corrected chi connectivity index (χ1v) is 38.8. The third-order valence-corrected chi connectivity index (χ3v) is 18.9. The molecule has 0 N–H and O–H groups in total. The molecule has 11 aromatic carbocycles. The molecule has 582 valence electrons. The van der Waals surface area contributed by atoms with Crippen molar-refractivity contribution in [2.75, 3.05) is 45.7 Å². The Morgan fingerprint density at radius 2 is 0.796 bits per heavy atom. The molecule has 0 unspecified atom stereocenters. The normalized spacial score (nSPS) is 12.2. The van der Waals surface area contributed by atoms with Crippen molar-refractivity contribution in [2.45, 2.75) is 50.8 Å². The van der Waals surface area contributed by atoms with Crippen LogP contribution in [0.15, 0.2) is 295 Å². The van der Waals surface area contributed by atoms with Gasteiger partial charge in [0.2, 0.25) is 10.0 Å². The van der Waals surface area contributed by atoms with Gasteiger partial charge in [-0.2, -0.15) is 12.7 Å². The average molecular weight is 1590 g/mol. The lowest BCUT2D eigenvalue weighted by molar-refractivity contribution is -0.120. The van der Waals surface area contributed by atoms with Gasteiger partial charge in [0, 0.05) is 25.9 Å². The Labute approximate surface area is 658 Å². The van der Waals surface area contributed by atoms with Gasteiger partial charge in [-0.3, -0.25) is 19.3 Å². The monoisotopic (exact) mass is 1580 g/mol. The highest BCUT2D eigenvalue weighted by Gasteiger charge is 2.35. The van der Waals surface area contributed by atoms with Crippen LogP contribution < -0.4 is 23.7 Å². The maximum absolute atomic E-state index is 12.6. The number of hydrogen-bond donors (Lipinski definition) is 0. The fourth-order valence-electron chi connectivity index (χ4n) is 10.3. The topological polar surface area (TPSA) is 310 Å². The first-order chi connectivity index (χ1) is 54.3. The van der Waals surface area contributed by atoms with Crippen molar-refractivity contribution in [3.05, 3.63) is 352 Å². The predicted octanol–water partition coefficient (Wildman–Crippen LogP) is 14.7. The number of rotatable bonds is 16. The van der Waals surface area contributed by atoms with Gasteiger partial charge < -0.3 is 33.2 Å². The van der Waals surface area contributed by atoms with E-state index >= 15 is 0 Å². The Morgan fingerprint density at radius 3 is 1.20 bits per heavy atom. The zero-order valence-corrected chi connectivity index (χ0v) is 64.8. The summed E-state index contributed by atoms with van der Waals surface area (Å²) in [6.07, 6.45) is 1.73. The Balaban J connectivity index is 0.000000189. The second-order valence-electron chi connectivity index (χ2n) is 24.6. The summed E-state index contributed by atoms with van der Waals surface area (Å²) < 4.78 is 101. The Kier molecular flexibility index (Phi) is 34.5. The number of carbonyl (C=O) groups excluding carboxylic acids is 8. The molecule has 0 aromatic heterocycles. The zero-order chi connectivity index (χ0) is 81.7. The van der Waals surface area contributed by atoms with Crippen LogP contribution in [-0.4, -0.2) is 128 Å². The summed E-state index contributed by atoms with van der Waals surface area (Å²) in [5.74, 6) is -0.799.